The second kappa shape index (κ2) is 9.54. The highest BCUT2D eigenvalue weighted by atomic mass is 19.1. The Hall–Kier alpha value is -3.26. The molecule has 0 unspecified atom stereocenters. The standard InChI is InChI=1S/C26H31FN4O3/c1-26(2,3)34-25(33)31(15-17-9-11-30(4)12-10-17)24-21-13-19(18-5-7-20(27)8-6-18)14-22(32)23(21)28-16-29-24/h5-8,13-14,16-17,32H,9-12,15H2,1-4H3. The van der Waals surface area contributed by atoms with Gasteiger partial charge in [-0.25, -0.2) is 19.2 Å². The van der Waals surface area contributed by atoms with Crippen molar-refractivity contribution in [3.05, 3.63) is 48.5 Å². The SMILES string of the molecule is CN1CCC(CN(C(=O)OC(C)(C)C)c2ncnc3c(O)cc(-c4ccc(F)cc4)cc23)CC1. The van der Waals surface area contributed by atoms with Gasteiger partial charge in [0.2, 0.25) is 0 Å². The molecule has 0 atom stereocenters. The number of hydrogen-bond acceptors (Lipinski definition) is 6. The minimum absolute atomic E-state index is 0.0381. The molecule has 0 spiro atoms. The van der Waals surface area contributed by atoms with E-state index in [0.717, 1.165) is 31.5 Å². The van der Waals surface area contributed by atoms with Crippen LogP contribution in [0.4, 0.5) is 15.0 Å². The number of benzene rings is 2. The maximum atomic E-state index is 13.4. The number of carbonyl (C=O) groups excluding carboxylic acids is 1. The van der Waals surface area contributed by atoms with Crippen molar-refractivity contribution in [2.24, 2.45) is 5.92 Å². The van der Waals surface area contributed by atoms with E-state index < -0.39 is 11.7 Å². The van der Waals surface area contributed by atoms with Crippen LogP contribution in [0.2, 0.25) is 0 Å². The fourth-order valence-electron chi connectivity index (χ4n) is 4.23. The van der Waals surface area contributed by atoms with E-state index in [9.17, 15) is 14.3 Å². The molecule has 1 saturated heterocycles. The molecular formula is C26H31FN4O3. The number of hydrogen-bond donors (Lipinski definition) is 1. The van der Waals surface area contributed by atoms with Crippen LogP contribution in [-0.2, 0) is 4.74 Å². The van der Waals surface area contributed by atoms with Crippen molar-refractivity contribution in [2.45, 2.75) is 39.2 Å². The number of likely N-dealkylation sites (tertiary alicyclic amines) is 1. The third-order valence-electron chi connectivity index (χ3n) is 6.02. The molecule has 4 rings (SSSR count). The number of halogens is 1. The van der Waals surface area contributed by atoms with Gasteiger partial charge >= 0.3 is 6.09 Å². The average molecular weight is 467 g/mol. The van der Waals surface area contributed by atoms with Gasteiger partial charge in [0.15, 0.2) is 0 Å². The van der Waals surface area contributed by atoms with E-state index in [1.54, 1.807) is 23.1 Å². The Kier molecular flexibility index (Phi) is 6.70. The smallest absolute Gasteiger partial charge is 0.416 e. The fourth-order valence-corrected chi connectivity index (χ4v) is 4.23. The summed E-state index contributed by atoms with van der Waals surface area (Å²) in [5.74, 6) is 0.302. The quantitative estimate of drug-likeness (QED) is 0.568. The minimum Gasteiger partial charge on any atom is -0.506 e. The fraction of sp³-hybridized carbons (Fsp3) is 0.423. The molecule has 1 fully saturated rings. The number of aromatic hydroxyl groups is 1. The largest absolute Gasteiger partial charge is 0.506 e. The van der Waals surface area contributed by atoms with Gasteiger partial charge in [-0.15, -0.1) is 0 Å². The van der Waals surface area contributed by atoms with E-state index >= 15 is 0 Å². The zero-order valence-corrected chi connectivity index (χ0v) is 20.1. The summed E-state index contributed by atoms with van der Waals surface area (Å²) in [4.78, 5) is 25.9. The number of aromatic nitrogens is 2. The number of piperidine rings is 1. The van der Waals surface area contributed by atoms with Crippen LogP contribution < -0.4 is 4.90 Å². The van der Waals surface area contributed by atoms with Gasteiger partial charge in [0.05, 0.1) is 0 Å². The molecule has 0 saturated carbocycles. The molecule has 1 N–H and O–H groups in total. The van der Waals surface area contributed by atoms with Crippen LogP contribution in [0.15, 0.2) is 42.7 Å². The Balaban J connectivity index is 1.79. The van der Waals surface area contributed by atoms with Gasteiger partial charge in [-0.1, -0.05) is 12.1 Å². The van der Waals surface area contributed by atoms with Crippen LogP contribution in [-0.4, -0.2) is 58.4 Å². The van der Waals surface area contributed by atoms with Crippen LogP contribution in [0, 0.1) is 11.7 Å². The summed E-state index contributed by atoms with van der Waals surface area (Å²) in [7, 11) is 2.10. The molecule has 1 amide bonds. The summed E-state index contributed by atoms with van der Waals surface area (Å²) >= 11 is 0. The highest BCUT2D eigenvalue weighted by Crippen LogP contribution is 2.36. The second-order valence-electron chi connectivity index (χ2n) is 9.93. The number of ether oxygens (including phenoxy) is 1. The lowest BCUT2D eigenvalue weighted by molar-refractivity contribution is 0.0568. The second-order valence-corrected chi connectivity index (χ2v) is 9.93. The van der Waals surface area contributed by atoms with Gasteiger partial charge in [0.1, 0.15) is 34.8 Å². The van der Waals surface area contributed by atoms with Gasteiger partial charge < -0.3 is 14.7 Å². The third kappa shape index (κ3) is 5.44. The van der Waals surface area contributed by atoms with Crippen LogP contribution >= 0.6 is 0 Å². The van der Waals surface area contributed by atoms with Crippen molar-refractivity contribution >= 4 is 22.8 Å². The molecule has 0 aliphatic carbocycles. The Labute approximate surface area is 199 Å². The van der Waals surface area contributed by atoms with E-state index in [0.29, 0.717) is 34.7 Å². The summed E-state index contributed by atoms with van der Waals surface area (Å²) in [5.41, 5.74) is 1.07. The van der Waals surface area contributed by atoms with E-state index in [2.05, 4.69) is 21.9 Å². The highest BCUT2D eigenvalue weighted by molar-refractivity contribution is 6.02. The van der Waals surface area contributed by atoms with Crippen molar-refractivity contribution < 1.29 is 19.0 Å². The lowest BCUT2D eigenvalue weighted by Crippen LogP contribution is -2.42. The average Bonchev–Trinajstić information content (AvgIpc) is 2.78. The normalized spacial score (nSPS) is 15.4. The number of phenolic OH excluding ortho intramolecular Hbond substituents is 1. The van der Waals surface area contributed by atoms with Crippen LogP contribution in [0.25, 0.3) is 22.0 Å². The van der Waals surface area contributed by atoms with Gasteiger partial charge in [-0.05, 0) is 95.1 Å². The maximum absolute atomic E-state index is 13.4. The number of fused-ring (bicyclic) bond motifs is 1. The number of rotatable bonds is 4. The number of anilines is 1. The zero-order valence-electron chi connectivity index (χ0n) is 20.1. The summed E-state index contributed by atoms with van der Waals surface area (Å²) < 4.78 is 19.2. The van der Waals surface area contributed by atoms with E-state index in [4.69, 9.17) is 4.74 Å². The number of amides is 1. The molecule has 1 aliphatic heterocycles. The van der Waals surface area contributed by atoms with Gasteiger partial charge in [0.25, 0.3) is 0 Å². The molecule has 2 heterocycles. The van der Waals surface area contributed by atoms with Gasteiger partial charge in [0, 0.05) is 11.9 Å². The maximum Gasteiger partial charge on any atom is 0.416 e. The van der Waals surface area contributed by atoms with Crippen molar-refractivity contribution in [3.8, 4) is 16.9 Å². The molecule has 8 heteroatoms. The summed E-state index contributed by atoms with van der Waals surface area (Å²) in [6.07, 6.45) is 2.79. The highest BCUT2D eigenvalue weighted by Gasteiger charge is 2.30. The van der Waals surface area contributed by atoms with Crippen LogP contribution in [0.5, 0.6) is 5.75 Å². The first kappa shape index (κ1) is 23.9. The van der Waals surface area contributed by atoms with Gasteiger partial charge in [-0.2, -0.15) is 0 Å². The summed E-state index contributed by atoms with van der Waals surface area (Å²) in [6, 6.07) is 9.43. The van der Waals surface area contributed by atoms with Crippen LogP contribution in [0.1, 0.15) is 33.6 Å². The molecule has 1 aromatic heterocycles. The number of carbonyl (C=O) groups is 1. The van der Waals surface area contributed by atoms with Crippen molar-refractivity contribution in [3.63, 3.8) is 0 Å². The molecule has 2 aromatic carbocycles. The Morgan fingerprint density at radius 3 is 2.47 bits per heavy atom. The van der Waals surface area contributed by atoms with Crippen molar-refractivity contribution in [1.29, 1.82) is 0 Å². The lowest BCUT2D eigenvalue weighted by atomic mass is 9.96. The predicted molar refractivity (Wildman–Crippen MR) is 130 cm³/mol. The Morgan fingerprint density at radius 2 is 1.82 bits per heavy atom. The lowest BCUT2D eigenvalue weighted by Gasteiger charge is -2.34. The first-order chi connectivity index (χ1) is 16.1. The van der Waals surface area contributed by atoms with Crippen LogP contribution in [0.3, 0.4) is 0 Å². The van der Waals surface area contributed by atoms with Crippen molar-refractivity contribution in [2.75, 3.05) is 31.6 Å². The molecular weight excluding hydrogens is 435 g/mol. The van der Waals surface area contributed by atoms with Crippen molar-refractivity contribution in [1.82, 2.24) is 14.9 Å². The number of nitrogens with zero attached hydrogens (tertiary/aromatic N) is 4. The van der Waals surface area contributed by atoms with E-state index in [1.807, 2.05) is 26.8 Å². The summed E-state index contributed by atoms with van der Waals surface area (Å²) in [5, 5.41) is 11.3. The van der Waals surface area contributed by atoms with E-state index in [-0.39, 0.29) is 11.6 Å². The molecule has 7 nitrogen and oxygen atoms in total. The first-order valence-corrected chi connectivity index (χ1v) is 11.5. The zero-order chi connectivity index (χ0) is 24.5. The Bertz CT molecular complexity index is 1170. The molecule has 0 radical (unpaired) electrons. The topological polar surface area (TPSA) is 78.8 Å². The predicted octanol–water partition coefficient (Wildman–Crippen LogP) is 5.22. The number of phenols is 1. The minimum atomic E-state index is -0.674. The Morgan fingerprint density at radius 1 is 1.15 bits per heavy atom. The third-order valence-corrected chi connectivity index (χ3v) is 6.02. The molecule has 0 bridgehead atoms. The molecule has 1 aliphatic rings. The van der Waals surface area contributed by atoms with E-state index in [1.165, 1.54) is 18.5 Å². The van der Waals surface area contributed by atoms with Gasteiger partial charge in [-0.3, -0.25) is 4.90 Å². The molecule has 180 valence electrons. The first-order valence-electron chi connectivity index (χ1n) is 11.5. The molecule has 3 aromatic rings. The monoisotopic (exact) mass is 466 g/mol. The summed E-state index contributed by atoms with van der Waals surface area (Å²) in [6.45, 7) is 7.87. The molecule has 34 heavy (non-hydrogen) atoms.